The lowest BCUT2D eigenvalue weighted by Crippen LogP contribution is -1.95. The summed E-state index contributed by atoms with van der Waals surface area (Å²) < 4.78 is 0. The van der Waals surface area contributed by atoms with E-state index in [0.29, 0.717) is 0 Å². The van der Waals surface area contributed by atoms with Gasteiger partial charge in [0.2, 0.25) is 0 Å². The zero-order valence-electron chi connectivity index (χ0n) is 8.33. The maximum absolute atomic E-state index is 10.00. The Balaban J connectivity index is 1.75. The molecule has 1 aromatic heterocycles. The van der Waals surface area contributed by atoms with Crippen LogP contribution in [0, 0.1) is 5.92 Å². The summed E-state index contributed by atoms with van der Waals surface area (Å²) in [6.07, 6.45) is 7.31. The van der Waals surface area contributed by atoms with E-state index < -0.39 is 0 Å². The first-order valence-corrected chi connectivity index (χ1v) is 6.44. The minimum Gasteiger partial charge on any atom is -0.388 e. The lowest BCUT2D eigenvalue weighted by molar-refractivity contribution is 0.164. The normalized spacial score (nSPS) is 22.4. The largest absolute Gasteiger partial charge is 0.388 e. The van der Waals surface area contributed by atoms with Gasteiger partial charge in [-0.15, -0.1) is 11.3 Å². The number of rotatable bonds is 3. The molecule has 2 heteroatoms. The summed E-state index contributed by atoms with van der Waals surface area (Å²) in [6, 6.07) is 2.25. The Labute approximate surface area is 88.8 Å². The lowest BCUT2D eigenvalue weighted by Gasteiger charge is -2.06. The summed E-state index contributed by atoms with van der Waals surface area (Å²) >= 11 is 1.85. The van der Waals surface area contributed by atoms with Crippen molar-refractivity contribution in [3.05, 3.63) is 21.4 Å². The van der Waals surface area contributed by atoms with Gasteiger partial charge in [-0.05, 0) is 43.2 Å². The molecule has 1 N–H and O–H groups in total. The highest BCUT2D eigenvalue weighted by atomic mass is 32.1. The molecule has 1 atom stereocenters. The molecule has 0 bridgehead atoms. The van der Waals surface area contributed by atoms with E-state index in [4.69, 9.17) is 0 Å². The van der Waals surface area contributed by atoms with Crippen molar-refractivity contribution in [3.63, 3.8) is 0 Å². The van der Waals surface area contributed by atoms with Crippen LogP contribution in [0.5, 0.6) is 0 Å². The fourth-order valence-electron chi connectivity index (χ4n) is 2.30. The molecule has 1 aromatic rings. The first-order chi connectivity index (χ1) is 6.83. The van der Waals surface area contributed by atoms with E-state index in [1.807, 2.05) is 11.3 Å². The van der Waals surface area contributed by atoms with E-state index in [-0.39, 0.29) is 6.10 Å². The van der Waals surface area contributed by atoms with Gasteiger partial charge in [0.15, 0.2) is 0 Å². The Kier molecular flexibility index (Phi) is 2.14. The van der Waals surface area contributed by atoms with Crippen LogP contribution >= 0.6 is 11.3 Å². The Morgan fingerprint density at radius 3 is 3.00 bits per heavy atom. The third-order valence-electron chi connectivity index (χ3n) is 3.35. The molecule has 3 rings (SSSR count). The molecule has 1 saturated carbocycles. The van der Waals surface area contributed by atoms with Gasteiger partial charge in [-0.2, -0.15) is 0 Å². The SMILES string of the molecule is OC(CC1CC1)c1cc2c(s1)CCC2. The third kappa shape index (κ3) is 1.61. The van der Waals surface area contributed by atoms with E-state index in [9.17, 15) is 5.11 Å². The van der Waals surface area contributed by atoms with Gasteiger partial charge in [0.05, 0.1) is 6.10 Å². The van der Waals surface area contributed by atoms with Crippen molar-refractivity contribution in [1.29, 1.82) is 0 Å². The van der Waals surface area contributed by atoms with Crippen molar-refractivity contribution in [2.24, 2.45) is 5.92 Å². The molecule has 1 unspecified atom stereocenters. The monoisotopic (exact) mass is 208 g/mol. The predicted octanol–water partition coefficient (Wildman–Crippen LogP) is 3.07. The van der Waals surface area contributed by atoms with Crippen molar-refractivity contribution in [2.45, 2.75) is 44.6 Å². The molecule has 2 aliphatic rings. The zero-order valence-corrected chi connectivity index (χ0v) is 9.15. The second-order valence-electron chi connectivity index (χ2n) is 4.65. The highest BCUT2D eigenvalue weighted by Crippen LogP contribution is 2.41. The lowest BCUT2D eigenvalue weighted by atomic mass is 10.1. The minimum atomic E-state index is -0.168. The molecule has 2 aliphatic carbocycles. The van der Waals surface area contributed by atoms with Crippen LogP contribution in [0.3, 0.4) is 0 Å². The molecule has 0 spiro atoms. The van der Waals surface area contributed by atoms with E-state index in [0.717, 1.165) is 12.3 Å². The molecule has 0 radical (unpaired) electrons. The molecular weight excluding hydrogens is 192 g/mol. The van der Waals surface area contributed by atoms with Gasteiger partial charge in [0.25, 0.3) is 0 Å². The van der Waals surface area contributed by atoms with Crippen LogP contribution in [0.25, 0.3) is 0 Å². The molecule has 14 heavy (non-hydrogen) atoms. The number of hydrogen-bond acceptors (Lipinski definition) is 2. The van der Waals surface area contributed by atoms with Gasteiger partial charge in [0, 0.05) is 9.75 Å². The van der Waals surface area contributed by atoms with Gasteiger partial charge < -0.3 is 5.11 Å². The van der Waals surface area contributed by atoms with E-state index in [1.165, 1.54) is 47.4 Å². The van der Waals surface area contributed by atoms with Crippen LogP contribution < -0.4 is 0 Å². The maximum atomic E-state index is 10.00. The van der Waals surface area contributed by atoms with Crippen molar-refractivity contribution >= 4 is 11.3 Å². The number of thiophene rings is 1. The smallest absolute Gasteiger partial charge is 0.0884 e. The number of fused-ring (bicyclic) bond motifs is 1. The van der Waals surface area contributed by atoms with Crippen molar-refractivity contribution in [3.8, 4) is 0 Å². The number of aliphatic hydroxyl groups excluding tert-OH is 1. The van der Waals surface area contributed by atoms with Crippen LogP contribution in [0.15, 0.2) is 6.07 Å². The van der Waals surface area contributed by atoms with E-state index in [2.05, 4.69) is 6.07 Å². The Morgan fingerprint density at radius 1 is 1.43 bits per heavy atom. The quantitative estimate of drug-likeness (QED) is 0.809. The van der Waals surface area contributed by atoms with E-state index >= 15 is 0 Å². The number of aryl methyl sites for hydroxylation is 2. The summed E-state index contributed by atoms with van der Waals surface area (Å²) in [4.78, 5) is 2.76. The maximum Gasteiger partial charge on any atom is 0.0884 e. The molecule has 1 heterocycles. The topological polar surface area (TPSA) is 20.2 Å². The fraction of sp³-hybridized carbons (Fsp3) is 0.667. The zero-order chi connectivity index (χ0) is 9.54. The van der Waals surface area contributed by atoms with Crippen molar-refractivity contribution < 1.29 is 5.11 Å². The Morgan fingerprint density at radius 2 is 2.29 bits per heavy atom. The summed E-state index contributed by atoms with van der Waals surface area (Å²) in [5, 5.41) is 10.00. The number of hydrogen-bond donors (Lipinski definition) is 1. The minimum absolute atomic E-state index is 0.168. The van der Waals surface area contributed by atoms with Gasteiger partial charge >= 0.3 is 0 Å². The molecule has 1 nitrogen and oxygen atoms in total. The summed E-state index contributed by atoms with van der Waals surface area (Å²) in [5.41, 5.74) is 1.51. The fourth-order valence-corrected chi connectivity index (χ4v) is 3.56. The average molecular weight is 208 g/mol. The summed E-state index contributed by atoms with van der Waals surface area (Å²) in [7, 11) is 0. The van der Waals surface area contributed by atoms with Gasteiger partial charge in [-0.25, -0.2) is 0 Å². The standard InChI is InChI=1S/C12H16OS/c13-10(6-8-4-5-8)12-7-9-2-1-3-11(9)14-12/h7-8,10,13H,1-6H2. The van der Waals surface area contributed by atoms with E-state index in [1.54, 1.807) is 0 Å². The van der Waals surface area contributed by atoms with Gasteiger partial charge in [-0.3, -0.25) is 0 Å². The molecule has 76 valence electrons. The first kappa shape index (κ1) is 8.93. The molecule has 0 aliphatic heterocycles. The molecule has 0 aromatic carbocycles. The molecular formula is C12H16OS. The Hall–Kier alpha value is -0.340. The van der Waals surface area contributed by atoms with Crippen LogP contribution in [-0.4, -0.2) is 5.11 Å². The molecule has 0 saturated heterocycles. The van der Waals surface area contributed by atoms with Crippen LogP contribution in [-0.2, 0) is 12.8 Å². The van der Waals surface area contributed by atoms with Gasteiger partial charge in [0.1, 0.15) is 0 Å². The highest BCUT2D eigenvalue weighted by molar-refractivity contribution is 7.12. The van der Waals surface area contributed by atoms with Crippen molar-refractivity contribution in [1.82, 2.24) is 0 Å². The Bertz CT molecular complexity index is 317. The van der Waals surface area contributed by atoms with Crippen LogP contribution in [0.2, 0.25) is 0 Å². The third-order valence-corrected chi connectivity index (χ3v) is 4.69. The first-order valence-electron chi connectivity index (χ1n) is 5.62. The van der Waals surface area contributed by atoms with Gasteiger partial charge in [-0.1, -0.05) is 12.8 Å². The predicted molar refractivity (Wildman–Crippen MR) is 58.6 cm³/mol. The summed E-state index contributed by atoms with van der Waals surface area (Å²) in [6.45, 7) is 0. The van der Waals surface area contributed by atoms with Crippen LogP contribution in [0.1, 0.15) is 47.1 Å². The second-order valence-corrected chi connectivity index (χ2v) is 5.81. The number of aliphatic hydroxyl groups is 1. The van der Waals surface area contributed by atoms with Crippen LogP contribution in [0.4, 0.5) is 0 Å². The average Bonchev–Trinajstić information content (AvgIpc) is 2.73. The highest BCUT2D eigenvalue weighted by Gasteiger charge is 2.27. The second kappa shape index (κ2) is 3.35. The van der Waals surface area contributed by atoms with Crippen molar-refractivity contribution in [2.75, 3.05) is 0 Å². The molecule has 0 amide bonds. The summed E-state index contributed by atoms with van der Waals surface area (Å²) in [5.74, 6) is 0.821. The molecule has 1 fully saturated rings.